The average Bonchev–Trinajstić information content (AvgIpc) is 3.34. The molecule has 0 N–H and O–H groups in total. The van der Waals surface area contributed by atoms with Gasteiger partial charge in [0.15, 0.2) is 5.82 Å². The van der Waals surface area contributed by atoms with Gasteiger partial charge in [0.2, 0.25) is 0 Å². The van der Waals surface area contributed by atoms with Crippen LogP contribution in [0.2, 0.25) is 0 Å². The fraction of sp³-hybridized carbons (Fsp3) is 0.588. The summed E-state index contributed by atoms with van der Waals surface area (Å²) in [6.45, 7) is 3.51. The Labute approximate surface area is 140 Å². The van der Waals surface area contributed by atoms with E-state index in [4.69, 9.17) is 4.74 Å². The summed E-state index contributed by atoms with van der Waals surface area (Å²) in [5, 5.41) is 12.4. The Morgan fingerprint density at radius 1 is 1.17 bits per heavy atom. The first-order chi connectivity index (χ1) is 11.8. The minimum Gasteiger partial charge on any atom is -0.376 e. The van der Waals surface area contributed by atoms with Crippen molar-refractivity contribution in [1.29, 1.82) is 0 Å². The Balaban J connectivity index is 1.65. The van der Waals surface area contributed by atoms with Gasteiger partial charge in [-0.2, -0.15) is 0 Å². The quantitative estimate of drug-likeness (QED) is 0.840. The first-order valence-corrected chi connectivity index (χ1v) is 8.68. The third-order valence-electron chi connectivity index (χ3n) is 4.90. The molecule has 7 heteroatoms. The fourth-order valence-corrected chi connectivity index (χ4v) is 3.69. The number of hydrogen-bond donors (Lipinski definition) is 0. The van der Waals surface area contributed by atoms with Crippen molar-refractivity contribution in [2.45, 2.75) is 44.4 Å². The largest absolute Gasteiger partial charge is 0.376 e. The minimum atomic E-state index is -0.224. The van der Waals surface area contributed by atoms with E-state index in [1.165, 1.54) is 25.0 Å². The van der Waals surface area contributed by atoms with E-state index >= 15 is 0 Å². The van der Waals surface area contributed by atoms with E-state index in [9.17, 15) is 4.39 Å². The molecule has 1 aromatic carbocycles. The zero-order chi connectivity index (χ0) is 16.4. The molecule has 0 bridgehead atoms. The monoisotopic (exact) mass is 331 g/mol. The molecule has 0 spiro atoms. The molecule has 0 aliphatic carbocycles. The molecule has 2 aliphatic rings. The predicted octanol–water partition coefficient (Wildman–Crippen LogP) is 2.18. The van der Waals surface area contributed by atoms with Gasteiger partial charge in [0.1, 0.15) is 5.82 Å². The second-order valence-electron chi connectivity index (χ2n) is 6.55. The van der Waals surface area contributed by atoms with Gasteiger partial charge in [-0.3, -0.25) is 4.90 Å². The topological polar surface area (TPSA) is 56.1 Å². The number of aromatic nitrogens is 4. The van der Waals surface area contributed by atoms with E-state index < -0.39 is 0 Å². The van der Waals surface area contributed by atoms with Gasteiger partial charge in [-0.15, -0.1) is 5.10 Å². The molecule has 2 fully saturated rings. The molecule has 0 radical (unpaired) electrons. The van der Waals surface area contributed by atoms with Crippen LogP contribution in [-0.2, 0) is 11.3 Å². The molecule has 2 aromatic rings. The van der Waals surface area contributed by atoms with E-state index in [0.29, 0.717) is 6.54 Å². The molecular formula is C17H22FN5O. The highest BCUT2D eigenvalue weighted by atomic mass is 19.1. The van der Waals surface area contributed by atoms with Gasteiger partial charge in [0.05, 0.1) is 18.7 Å². The van der Waals surface area contributed by atoms with Crippen molar-refractivity contribution < 1.29 is 9.13 Å². The second-order valence-corrected chi connectivity index (χ2v) is 6.55. The molecule has 2 saturated heterocycles. The molecule has 0 unspecified atom stereocenters. The maximum atomic E-state index is 13.3. The SMILES string of the molecule is Fc1ccc([C@@H](c2nnnn2C[C@@H]2CCCO2)N2CCCC2)cc1. The van der Waals surface area contributed by atoms with Crippen LogP contribution in [0, 0.1) is 5.82 Å². The molecule has 128 valence electrons. The molecule has 0 amide bonds. The van der Waals surface area contributed by atoms with E-state index in [-0.39, 0.29) is 18.0 Å². The standard InChI is InChI=1S/C17H22FN5O/c18-14-7-5-13(6-8-14)16(22-9-1-2-10-22)17-19-20-21-23(17)12-15-4-3-11-24-15/h5-8,15-16H,1-4,9-12H2/t15-,16-/m0/s1. The number of tetrazole rings is 1. The number of ether oxygens (including phenoxy) is 1. The van der Waals surface area contributed by atoms with Crippen molar-refractivity contribution in [1.82, 2.24) is 25.1 Å². The second kappa shape index (κ2) is 6.94. The summed E-state index contributed by atoms with van der Waals surface area (Å²) >= 11 is 0. The fourth-order valence-electron chi connectivity index (χ4n) is 3.69. The maximum Gasteiger partial charge on any atom is 0.173 e. The van der Waals surface area contributed by atoms with Gasteiger partial charge in [0, 0.05) is 6.61 Å². The van der Waals surface area contributed by atoms with Crippen molar-refractivity contribution in [3.8, 4) is 0 Å². The van der Waals surface area contributed by atoms with Crippen LogP contribution in [0.5, 0.6) is 0 Å². The van der Waals surface area contributed by atoms with Crippen LogP contribution >= 0.6 is 0 Å². The third-order valence-corrected chi connectivity index (χ3v) is 4.90. The highest BCUT2D eigenvalue weighted by Gasteiger charge is 2.30. The van der Waals surface area contributed by atoms with Crippen LogP contribution in [0.1, 0.15) is 43.1 Å². The number of nitrogens with zero attached hydrogens (tertiary/aromatic N) is 5. The Bertz CT molecular complexity index is 662. The van der Waals surface area contributed by atoms with Crippen LogP contribution in [0.3, 0.4) is 0 Å². The summed E-state index contributed by atoms with van der Waals surface area (Å²) in [6, 6.07) is 6.65. The summed E-state index contributed by atoms with van der Waals surface area (Å²) in [5.74, 6) is 0.594. The first kappa shape index (κ1) is 15.7. The van der Waals surface area contributed by atoms with E-state index in [1.807, 2.05) is 16.8 Å². The number of halogens is 1. The van der Waals surface area contributed by atoms with Crippen molar-refractivity contribution in [3.05, 3.63) is 41.5 Å². The number of rotatable bonds is 5. The van der Waals surface area contributed by atoms with Crippen molar-refractivity contribution in [2.24, 2.45) is 0 Å². The van der Waals surface area contributed by atoms with Gasteiger partial charge in [-0.25, -0.2) is 9.07 Å². The van der Waals surface area contributed by atoms with E-state index in [0.717, 1.165) is 43.9 Å². The van der Waals surface area contributed by atoms with Crippen molar-refractivity contribution in [3.63, 3.8) is 0 Å². The first-order valence-electron chi connectivity index (χ1n) is 8.68. The van der Waals surface area contributed by atoms with Gasteiger partial charge in [0.25, 0.3) is 0 Å². The normalized spacial score (nSPS) is 23.0. The van der Waals surface area contributed by atoms with Gasteiger partial charge >= 0.3 is 0 Å². The van der Waals surface area contributed by atoms with Gasteiger partial charge in [-0.05, 0) is 66.9 Å². The van der Waals surface area contributed by atoms with E-state index in [1.54, 1.807) is 0 Å². The Kier molecular flexibility index (Phi) is 4.53. The number of benzene rings is 1. The number of likely N-dealkylation sites (tertiary alicyclic amines) is 1. The van der Waals surface area contributed by atoms with Crippen LogP contribution in [0.15, 0.2) is 24.3 Å². The van der Waals surface area contributed by atoms with E-state index in [2.05, 4.69) is 20.4 Å². The van der Waals surface area contributed by atoms with Crippen LogP contribution in [-0.4, -0.2) is 50.9 Å². The van der Waals surface area contributed by atoms with Crippen LogP contribution < -0.4 is 0 Å². The Hall–Kier alpha value is -1.86. The van der Waals surface area contributed by atoms with Crippen LogP contribution in [0.4, 0.5) is 4.39 Å². The van der Waals surface area contributed by atoms with Crippen LogP contribution in [0.25, 0.3) is 0 Å². The number of hydrogen-bond acceptors (Lipinski definition) is 5. The summed E-state index contributed by atoms with van der Waals surface area (Å²) in [6.07, 6.45) is 4.66. The average molecular weight is 331 g/mol. The zero-order valence-corrected chi connectivity index (χ0v) is 13.6. The Morgan fingerprint density at radius 3 is 2.67 bits per heavy atom. The summed E-state index contributed by atoms with van der Waals surface area (Å²) < 4.78 is 20.9. The lowest BCUT2D eigenvalue weighted by atomic mass is 10.0. The van der Waals surface area contributed by atoms with Gasteiger partial charge in [-0.1, -0.05) is 12.1 Å². The summed E-state index contributed by atoms with van der Waals surface area (Å²) in [5.41, 5.74) is 1.03. The van der Waals surface area contributed by atoms with Gasteiger partial charge < -0.3 is 4.74 Å². The maximum absolute atomic E-state index is 13.3. The third kappa shape index (κ3) is 3.18. The minimum absolute atomic E-state index is 0.0375. The smallest absolute Gasteiger partial charge is 0.173 e. The zero-order valence-electron chi connectivity index (χ0n) is 13.6. The molecule has 6 nitrogen and oxygen atoms in total. The Morgan fingerprint density at radius 2 is 1.96 bits per heavy atom. The predicted molar refractivity (Wildman–Crippen MR) is 85.8 cm³/mol. The molecule has 4 rings (SSSR count). The molecule has 0 saturated carbocycles. The highest BCUT2D eigenvalue weighted by Crippen LogP contribution is 2.30. The summed E-state index contributed by atoms with van der Waals surface area (Å²) in [4.78, 5) is 2.38. The lowest BCUT2D eigenvalue weighted by Gasteiger charge is -2.27. The highest BCUT2D eigenvalue weighted by molar-refractivity contribution is 5.25. The van der Waals surface area contributed by atoms with Crippen molar-refractivity contribution >= 4 is 0 Å². The molecule has 1 aromatic heterocycles. The van der Waals surface area contributed by atoms with Crippen molar-refractivity contribution in [2.75, 3.05) is 19.7 Å². The summed E-state index contributed by atoms with van der Waals surface area (Å²) in [7, 11) is 0. The molecular weight excluding hydrogens is 309 g/mol. The molecule has 2 atom stereocenters. The molecule has 2 aliphatic heterocycles. The molecule has 24 heavy (non-hydrogen) atoms. The lowest BCUT2D eigenvalue weighted by Crippen LogP contribution is -2.30. The molecule has 3 heterocycles. The lowest BCUT2D eigenvalue weighted by molar-refractivity contribution is 0.0913.